The van der Waals surface area contributed by atoms with E-state index < -0.39 is 0 Å². The van der Waals surface area contributed by atoms with Crippen LogP contribution in [0.4, 0.5) is 0 Å². The van der Waals surface area contributed by atoms with Crippen molar-refractivity contribution >= 4 is 17.4 Å². The first kappa shape index (κ1) is 16.2. The molecule has 0 saturated carbocycles. The second kappa shape index (κ2) is 6.09. The second-order valence-corrected chi connectivity index (χ2v) is 7.32. The molecule has 0 bridgehead atoms. The third-order valence-electron chi connectivity index (χ3n) is 3.38. The maximum absolute atomic E-state index is 12.3. The van der Waals surface area contributed by atoms with Gasteiger partial charge in [-0.15, -0.1) is 0 Å². The quantitative estimate of drug-likeness (QED) is 0.656. The molecule has 0 amide bonds. The van der Waals surface area contributed by atoms with E-state index in [1.165, 1.54) is 0 Å². The Balaban J connectivity index is 2.82. The average molecular weight is 281 g/mol. The highest BCUT2D eigenvalue weighted by Gasteiger charge is 2.20. The van der Waals surface area contributed by atoms with Crippen LogP contribution in [0.2, 0.25) is 5.02 Å². The monoisotopic (exact) mass is 280 g/mol. The van der Waals surface area contributed by atoms with Crippen molar-refractivity contribution in [1.82, 2.24) is 0 Å². The lowest BCUT2D eigenvalue weighted by molar-refractivity contribution is 0.0954. The van der Waals surface area contributed by atoms with Crippen LogP contribution in [0.3, 0.4) is 0 Å². The Hall–Kier alpha value is -0.820. The predicted octanol–water partition coefficient (Wildman–Crippen LogP) is 5.60. The number of hydrogen-bond donors (Lipinski definition) is 0. The van der Waals surface area contributed by atoms with E-state index in [0.29, 0.717) is 22.9 Å². The third-order valence-corrected chi connectivity index (χ3v) is 3.69. The molecule has 19 heavy (non-hydrogen) atoms. The Morgan fingerprint density at radius 3 is 2.26 bits per heavy atom. The van der Waals surface area contributed by atoms with Crippen LogP contribution in [0.15, 0.2) is 12.1 Å². The fraction of sp³-hybridized carbons (Fsp3) is 0.588. The van der Waals surface area contributed by atoms with Crippen LogP contribution >= 0.6 is 11.6 Å². The number of hydrogen-bond acceptors (Lipinski definition) is 1. The summed E-state index contributed by atoms with van der Waals surface area (Å²) in [4.78, 5) is 12.3. The van der Waals surface area contributed by atoms with Crippen LogP contribution in [0.25, 0.3) is 0 Å². The fourth-order valence-corrected chi connectivity index (χ4v) is 2.86. The maximum atomic E-state index is 12.3. The van der Waals surface area contributed by atoms with E-state index >= 15 is 0 Å². The summed E-state index contributed by atoms with van der Waals surface area (Å²) in [5.74, 6) is 0.537. The molecule has 1 atom stereocenters. The minimum atomic E-state index is 0.157. The molecule has 1 aromatic rings. The van der Waals surface area contributed by atoms with Crippen molar-refractivity contribution in [2.45, 2.75) is 54.4 Å². The average Bonchev–Trinajstić information content (AvgIpc) is 2.20. The molecule has 0 heterocycles. The van der Waals surface area contributed by atoms with Crippen LogP contribution in [-0.4, -0.2) is 5.78 Å². The zero-order valence-corrected chi connectivity index (χ0v) is 13.7. The molecule has 0 fully saturated rings. The molecule has 0 N–H and O–H groups in total. The smallest absolute Gasteiger partial charge is 0.164 e. The highest BCUT2D eigenvalue weighted by molar-refractivity contribution is 6.34. The van der Waals surface area contributed by atoms with Gasteiger partial charge in [0.05, 0.1) is 5.02 Å². The minimum Gasteiger partial charge on any atom is -0.294 e. The molecular formula is C17H25ClO. The van der Waals surface area contributed by atoms with Crippen molar-refractivity contribution in [3.05, 3.63) is 33.8 Å². The summed E-state index contributed by atoms with van der Waals surface area (Å²) in [6.07, 6.45) is 1.61. The van der Waals surface area contributed by atoms with E-state index in [2.05, 4.69) is 27.7 Å². The molecule has 0 aliphatic rings. The van der Waals surface area contributed by atoms with Crippen molar-refractivity contribution in [3.8, 4) is 0 Å². The second-order valence-electron chi connectivity index (χ2n) is 6.91. The third kappa shape index (κ3) is 4.99. The number of carbonyl (C=O) groups excluding carboxylic acids is 1. The van der Waals surface area contributed by atoms with Crippen molar-refractivity contribution in [3.63, 3.8) is 0 Å². The van der Waals surface area contributed by atoms with Gasteiger partial charge in [-0.2, -0.15) is 0 Å². The van der Waals surface area contributed by atoms with Gasteiger partial charge < -0.3 is 0 Å². The Kier molecular flexibility index (Phi) is 5.20. The first-order valence-corrected chi connectivity index (χ1v) is 7.28. The van der Waals surface area contributed by atoms with Gasteiger partial charge in [0.25, 0.3) is 0 Å². The highest BCUT2D eigenvalue weighted by atomic mass is 35.5. The molecular weight excluding hydrogens is 256 g/mol. The van der Waals surface area contributed by atoms with Crippen LogP contribution in [0.5, 0.6) is 0 Å². The molecule has 1 aromatic carbocycles. The summed E-state index contributed by atoms with van der Waals surface area (Å²) in [7, 11) is 0. The minimum absolute atomic E-state index is 0.157. The van der Waals surface area contributed by atoms with Crippen LogP contribution in [0, 0.1) is 25.2 Å². The standard InChI is InChI=1S/C17H25ClO/c1-11(10-17(4,5)6)7-16(19)14-8-12(2)13(3)9-15(14)18/h8-9,11H,7,10H2,1-6H3. The lowest BCUT2D eigenvalue weighted by Gasteiger charge is -2.23. The molecule has 0 saturated heterocycles. The zero-order chi connectivity index (χ0) is 14.8. The van der Waals surface area contributed by atoms with E-state index in [-0.39, 0.29) is 11.2 Å². The van der Waals surface area contributed by atoms with Gasteiger partial charge in [-0.1, -0.05) is 39.3 Å². The van der Waals surface area contributed by atoms with Gasteiger partial charge in [0.2, 0.25) is 0 Å². The zero-order valence-electron chi connectivity index (χ0n) is 12.9. The van der Waals surface area contributed by atoms with Gasteiger partial charge >= 0.3 is 0 Å². The molecule has 0 aliphatic carbocycles. The molecule has 106 valence electrons. The lowest BCUT2D eigenvalue weighted by Crippen LogP contribution is -2.14. The molecule has 1 nitrogen and oxygen atoms in total. The molecule has 0 spiro atoms. The van der Waals surface area contributed by atoms with Gasteiger partial charge in [-0.3, -0.25) is 4.79 Å². The first-order chi connectivity index (χ1) is 8.60. The molecule has 0 aliphatic heterocycles. The van der Waals surface area contributed by atoms with Crippen molar-refractivity contribution in [1.29, 1.82) is 0 Å². The summed E-state index contributed by atoms with van der Waals surface area (Å²) in [5, 5.41) is 0.580. The molecule has 0 radical (unpaired) electrons. The molecule has 2 heteroatoms. The number of halogens is 1. The predicted molar refractivity (Wildman–Crippen MR) is 83.1 cm³/mol. The molecule has 1 unspecified atom stereocenters. The summed E-state index contributed by atoms with van der Waals surface area (Å²) >= 11 is 6.19. The van der Waals surface area contributed by atoms with E-state index in [4.69, 9.17) is 11.6 Å². The Morgan fingerprint density at radius 2 is 1.74 bits per heavy atom. The summed E-state index contributed by atoms with van der Waals surface area (Å²) in [5.41, 5.74) is 3.18. The number of benzene rings is 1. The van der Waals surface area contributed by atoms with Crippen LogP contribution in [0.1, 0.15) is 62.0 Å². The SMILES string of the molecule is Cc1cc(Cl)c(C(=O)CC(C)CC(C)(C)C)cc1C. The first-order valence-electron chi connectivity index (χ1n) is 6.90. The largest absolute Gasteiger partial charge is 0.294 e. The Bertz CT molecular complexity index is 469. The Labute approximate surface area is 122 Å². The van der Waals surface area contributed by atoms with Gasteiger partial charge in [0.1, 0.15) is 0 Å². The topological polar surface area (TPSA) is 17.1 Å². The van der Waals surface area contributed by atoms with Crippen LogP contribution < -0.4 is 0 Å². The summed E-state index contributed by atoms with van der Waals surface area (Å²) < 4.78 is 0. The number of rotatable bonds is 4. The fourth-order valence-electron chi connectivity index (χ4n) is 2.54. The van der Waals surface area contributed by atoms with Crippen molar-refractivity contribution in [2.75, 3.05) is 0 Å². The highest BCUT2D eigenvalue weighted by Crippen LogP contribution is 2.28. The van der Waals surface area contributed by atoms with E-state index in [9.17, 15) is 4.79 Å². The summed E-state index contributed by atoms with van der Waals surface area (Å²) in [6, 6.07) is 3.81. The number of ketones is 1. The molecule has 0 aromatic heterocycles. The van der Waals surface area contributed by atoms with Crippen molar-refractivity contribution in [2.24, 2.45) is 11.3 Å². The molecule has 1 rings (SSSR count). The van der Waals surface area contributed by atoms with Gasteiger partial charge in [0, 0.05) is 12.0 Å². The number of aryl methyl sites for hydroxylation is 2. The summed E-state index contributed by atoms with van der Waals surface area (Å²) in [6.45, 7) is 12.8. The number of Topliss-reactive ketones (excluding diaryl/α,β-unsaturated/α-hetero) is 1. The van der Waals surface area contributed by atoms with E-state index in [1.807, 2.05) is 26.0 Å². The van der Waals surface area contributed by atoms with Gasteiger partial charge in [0.15, 0.2) is 5.78 Å². The Morgan fingerprint density at radius 1 is 1.21 bits per heavy atom. The van der Waals surface area contributed by atoms with Crippen LogP contribution in [-0.2, 0) is 0 Å². The van der Waals surface area contributed by atoms with Gasteiger partial charge in [-0.05, 0) is 54.9 Å². The normalized spacial score (nSPS) is 13.4. The van der Waals surface area contributed by atoms with Gasteiger partial charge in [-0.25, -0.2) is 0 Å². The van der Waals surface area contributed by atoms with Crippen molar-refractivity contribution < 1.29 is 4.79 Å². The van der Waals surface area contributed by atoms with E-state index in [1.54, 1.807) is 0 Å². The lowest BCUT2D eigenvalue weighted by atomic mass is 9.83. The van der Waals surface area contributed by atoms with E-state index in [0.717, 1.165) is 17.5 Å². The number of carbonyl (C=O) groups is 1. The maximum Gasteiger partial charge on any atom is 0.164 e.